The molecule has 2 aromatic carbocycles. The highest BCUT2D eigenvalue weighted by molar-refractivity contribution is 6.39. The highest BCUT2D eigenvalue weighted by Gasteiger charge is 2.15. The lowest BCUT2D eigenvalue weighted by atomic mass is 10.0. The number of oxime groups is 1. The van der Waals surface area contributed by atoms with Gasteiger partial charge in [0.05, 0.1) is 10.0 Å². The third-order valence-corrected chi connectivity index (χ3v) is 4.39. The van der Waals surface area contributed by atoms with Crippen LogP contribution < -0.4 is 5.32 Å². The molecule has 0 bridgehead atoms. The van der Waals surface area contributed by atoms with Gasteiger partial charge in [-0.15, -0.1) is 0 Å². The summed E-state index contributed by atoms with van der Waals surface area (Å²) in [7, 11) is 0. The van der Waals surface area contributed by atoms with Crippen LogP contribution in [0.1, 0.15) is 16.7 Å². The molecule has 6 heteroatoms. The minimum Gasteiger partial charge on any atom is -0.410 e. The summed E-state index contributed by atoms with van der Waals surface area (Å²) < 4.78 is 0. The highest BCUT2D eigenvalue weighted by Crippen LogP contribution is 2.28. The molecule has 3 aromatic rings. The summed E-state index contributed by atoms with van der Waals surface area (Å²) in [5.74, 6) is 0. The molecule has 0 radical (unpaired) electrons. The second-order valence-electron chi connectivity index (χ2n) is 5.44. The van der Waals surface area contributed by atoms with Crippen molar-refractivity contribution >= 4 is 40.3 Å². The number of pyridine rings is 1. The second kappa shape index (κ2) is 7.55. The van der Waals surface area contributed by atoms with E-state index in [2.05, 4.69) is 15.5 Å². The van der Waals surface area contributed by atoms with Crippen LogP contribution in [0.25, 0.3) is 0 Å². The number of aromatic nitrogens is 1. The van der Waals surface area contributed by atoms with Crippen LogP contribution in [-0.4, -0.2) is 15.9 Å². The molecular formula is C19H15Cl2N3O. The average molecular weight is 372 g/mol. The number of aryl methyl sites for hydroxylation is 1. The van der Waals surface area contributed by atoms with E-state index in [-0.39, 0.29) is 0 Å². The van der Waals surface area contributed by atoms with Crippen molar-refractivity contribution in [1.82, 2.24) is 4.98 Å². The maximum absolute atomic E-state index is 9.46. The maximum Gasteiger partial charge on any atom is 0.120 e. The monoisotopic (exact) mass is 371 g/mol. The predicted molar refractivity (Wildman–Crippen MR) is 103 cm³/mol. The Kier molecular flexibility index (Phi) is 5.22. The van der Waals surface area contributed by atoms with Gasteiger partial charge in [-0.2, -0.15) is 0 Å². The standard InChI is InChI=1S/C19H15Cl2N3O/c1-12-4-2-3-5-18(12)23-13-6-7-14(16(20)10-13)19(24-25)15-8-9-22-11-17(15)21/h2-11,23,25H,1H3/b24-19-. The molecule has 126 valence electrons. The van der Waals surface area contributed by atoms with Crippen LogP contribution in [0.3, 0.4) is 0 Å². The fourth-order valence-electron chi connectivity index (χ4n) is 2.47. The van der Waals surface area contributed by atoms with E-state index in [1.165, 1.54) is 6.20 Å². The molecule has 0 amide bonds. The quantitative estimate of drug-likeness (QED) is 0.353. The van der Waals surface area contributed by atoms with E-state index in [0.717, 1.165) is 16.9 Å². The molecule has 0 saturated carbocycles. The molecule has 0 atom stereocenters. The number of para-hydroxylation sites is 1. The van der Waals surface area contributed by atoms with Crippen LogP contribution in [0.15, 0.2) is 66.1 Å². The summed E-state index contributed by atoms with van der Waals surface area (Å²) in [5, 5.41) is 17.0. The van der Waals surface area contributed by atoms with Gasteiger partial charge < -0.3 is 10.5 Å². The molecule has 0 aliphatic carbocycles. The largest absolute Gasteiger partial charge is 0.410 e. The molecular weight excluding hydrogens is 357 g/mol. The SMILES string of the molecule is Cc1ccccc1Nc1ccc(/C(=N/O)c2ccncc2Cl)c(Cl)c1. The third-order valence-electron chi connectivity index (χ3n) is 3.78. The Balaban J connectivity index is 1.94. The van der Waals surface area contributed by atoms with Crippen LogP contribution in [-0.2, 0) is 0 Å². The van der Waals surface area contributed by atoms with E-state index in [1.54, 1.807) is 24.4 Å². The fraction of sp³-hybridized carbons (Fsp3) is 0.0526. The number of anilines is 2. The third kappa shape index (κ3) is 3.76. The van der Waals surface area contributed by atoms with Gasteiger partial charge in [0.25, 0.3) is 0 Å². The Morgan fingerprint density at radius 3 is 2.48 bits per heavy atom. The molecule has 0 aliphatic rings. The Bertz CT molecular complexity index is 941. The Hall–Kier alpha value is -2.56. The van der Waals surface area contributed by atoms with Gasteiger partial charge in [0.1, 0.15) is 5.71 Å². The van der Waals surface area contributed by atoms with Crippen molar-refractivity contribution in [3.05, 3.63) is 87.7 Å². The molecule has 4 nitrogen and oxygen atoms in total. The van der Waals surface area contributed by atoms with Gasteiger partial charge in [0, 0.05) is 34.9 Å². The minimum absolute atomic E-state index is 0.292. The summed E-state index contributed by atoms with van der Waals surface area (Å²) in [6, 6.07) is 15.1. The number of nitrogens with zero attached hydrogens (tertiary/aromatic N) is 2. The van der Waals surface area contributed by atoms with Gasteiger partial charge in [-0.05, 0) is 42.8 Å². The normalized spacial score (nSPS) is 11.4. The summed E-state index contributed by atoms with van der Waals surface area (Å²) in [6.07, 6.45) is 3.07. The first-order chi connectivity index (χ1) is 12.1. The van der Waals surface area contributed by atoms with Crippen molar-refractivity contribution in [2.24, 2.45) is 5.16 Å². The van der Waals surface area contributed by atoms with E-state index < -0.39 is 0 Å². The first kappa shape index (κ1) is 17.3. The molecule has 0 saturated heterocycles. The van der Waals surface area contributed by atoms with E-state index in [0.29, 0.717) is 26.9 Å². The topological polar surface area (TPSA) is 57.5 Å². The Labute approximate surface area is 155 Å². The molecule has 1 heterocycles. The van der Waals surface area contributed by atoms with Gasteiger partial charge in [-0.25, -0.2) is 0 Å². The predicted octanol–water partition coefficient (Wildman–Crippen LogP) is 5.67. The summed E-state index contributed by atoms with van der Waals surface area (Å²) in [5.41, 5.74) is 4.39. The van der Waals surface area contributed by atoms with Crippen LogP contribution in [0, 0.1) is 6.92 Å². The molecule has 0 fully saturated rings. The van der Waals surface area contributed by atoms with E-state index in [1.807, 2.05) is 37.3 Å². The fourth-order valence-corrected chi connectivity index (χ4v) is 2.95. The number of halogens is 2. The van der Waals surface area contributed by atoms with Gasteiger partial charge in [-0.1, -0.05) is 46.6 Å². The zero-order valence-corrected chi connectivity index (χ0v) is 14.9. The molecule has 0 unspecified atom stereocenters. The average Bonchev–Trinajstić information content (AvgIpc) is 2.61. The van der Waals surface area contributed by atoms with Crippen molar-refractivity contribution < 1.29 is 5.21 Å². The van der Waals surface area contributed by atoms with Crippen molar-refractivity contribution in [3.63, 3.8) is 0 Å². The number of rotatable bonds is 4. The van der Waals surface area contributed by atoms with Gasteiger partial charge in [0.15, 0.2) is 0 Å². The summed E-state index contributed by atoms with van der Waals surface area (Å²) in [6.45, 7) is 2.03. The highest BCUT2D eigenvalue weighted by atomic mass is 35.5. The van der Waals surface area contributed by atoms with Gasteiger partial charge in [-0.3, -0.25) is 4.98 Å². The van der Waals surface area contributed by atoms with E-state index in [9.17, 15) is 5.21 Å². The zero-order chi connectivity index (χ0) is 17.8. The molecule has 25 heavy (non-hydrogen) atoms. The number of hydrogen-bond acceptors (Lipinski definition) is 4. The van der Waals surface area contributed by atoms with Crippen molar-refractivity contribution in [1.29, 1.82) is 0 Å². The molecule has 0 spiro atoms. The van der Waals surface area contributed by atoms with Gasteiger partial charge >= 0.3 is 0 Å². The summed E-state index contributed by atoms with van der Waals surface area (Å²) >= 11 is 12.6. The van der Waals surface area contributed by atoms with Crippen molar-refractivity contribution in [2.45, 2.75) is 6.92 Å². The lowest BCUT2D eigenvalue weighted by Crippen LogP contribution is -2.06. The number of nitrogens with one attached hydrogen (secondary N) is 1. The number of benzene rings is 2. The first-order valence-corrected chi connectivity index (χ1v) is 8.30. The zero-order valence-electron chi connectivity index (χ0n) is 13.4. The lowest BCUT2D eigenvalue weighted by molar-refractivity contribution is 0.319. The van der Waals surface area contributed by atoms with E-state index in [4.69, 9.17) is 23.2 Å². The first-order valence-electron chi connectivity index (χ1n) is 7.54. The van der Waals surface area contributed by atoms with E-state index >= 15 is 0 Å². The minimum atomic E-state index is 0.292. The Morgan fingerprint density at radius 2 is 1.80 bits per heavy atom. The van der Waals surface area contributed by atoms with Crippen LogP contribution >= 0.6 is 23.2 Å². The number of hydrogen-bond donors (Lipinski definition) is 2. The second-order valence-corrected chi connectivity index (χ2v) is 6.25. The molecule has 2 N–H and O–H groups in total. The molecule has 3 rings (SSSR count). The van der Waals surface area contributed by atoms with Crippen LogP contribution in [0.4, 0.5) is 11.4 Å². The smallest absolute Gasteiger partial charge is 0.120 e. The Morgan fingerprint density at radius 1 is 1.04 bits per heavy atom. The molecule has 1 aromatic heterocycles. The summed E-state index contributed by atoms with van der Waals surface area (Å²) in [4.78, 5) is 3.94. The van der Waals surface area contributed by atoms with Crippen LogP contribution in [0.2, 0.25) is 10.0 Å². The lowest BCUT2D eigenvalue weighted by Gasteiger charge is -2.13. The maximum atomic E-state index is 9.46. The van der Waals surface area contributed by atoms with Crippen molar-refractivity contribution in [2.75, 3.05) is 5.32 Å². The molecule has 0 aliphatic heterocycles. The van der Waals surface area contributed by atoms with Gasteiger partial charge in [0.2, 0.25) is 0 Å². The van der Waals surface area contributed by atoms with Crippen molar-refractivity contribution in [3.8, 4) is 0 Å². The van der Waals surface area contributed by atoms with Crippen LogP contribution in [0.5, 0.6) is 0 Å².